The molecule has 0 unspecified atom stereocenters. The first kappa shape index (κ1) is 14.2. The minimum Gasteiger partial charge on any atom is -0.394 e. The zero-order chi connectivity index (χ0) is 15.0. The lowest BCUT2D eigenvalue weighted by Crippen LogP contribution is -2.32. The van der Waals surface area contributed by atoms with Gasteiger partial charge in [0.1, 0.15) is 11.3 Å². The third-order valence-electron chi connectivity index (χ3n) is 4.13. The van der Waals surface area contributed by atoms with Crippen molar-refractivity contribution in [2.24, 2.45) is 0 Å². The van der Waals surface area contributed by atoms with Gasteiger partial charge in [-0.15, -0.1) is 0 Å². The Kier molecular flexibility index (Phi) is 3.78. The Hall–Kier alpha value is -1.72. The highest BCUT2D eigenvalue weighted by Gasteiger charge is 2.33. The molecule has 0 bridgehead atoms. The maximum absolute atomic E-state index is 14.0. The maximum atomic E-state index is 14.0. The Morgan fingerprint density at radius 2 is 2.29 bits per heavy atom. The molecule has 1 fully saturated rings. The van der Waals surface area contributed by atoms with Crippen molar-refractivity contribution in [1.29, 1.82) is 0 Å². The van der Waals surface area contributed by atoms with E-state index in [1.54, 1.807) is 13.2 Å². The van der Waals surface area contributed by atoms with Crippen molar-refractivity contribution in [1.82, 2.24) is 4.98 Å². The monoisotopic (exact) mass is 290 g/mol. The van der Waals surface area contributed by atoms with Crippen molar-refractivity contribution in [2.45, 2.75) is 25.5 Å². The zero-order valence-corrected chi connectivity index (χ0v) is 12.2. The van der Waals surface area contributed by atoms with Gasteiger partial charge in [0.2, 0.25) is 0 Å². The average molecular weight is 290 g/mol. The molecule has 2 heterocycles. The number of pyridine rings is 1. The van der Waals surface area contributed by atoms with Gasteiger partial charge in [-0.05, 0) is 25.5 Å². The van der Waals surface area contributed by atoms with E-state index in [9.17, 15) is 9.50 Å². The third kappa shape index (κ3) is 2.47. The summed E-state index contributed by atoms with van der Waals surface area (Å²) in [4.78, 5) is 6.40. The number of aromatic nitrogens is 1. The molecular formula is C16H19FN2O2. The van der Waals surface area contributed by atoms with Crippen LogP contribution in [0.4, 0.5) is 10.1 Å². The molecule has 1 aromatic heterocycles. The van der Waals surface area contributed by atoms with Crippen LogP contribution in [0.3, 0.4) is 0 Å². The molecule has 0 aliphatic carbocycles. The third-order valence-corrected chi connectivity index (χ3v) is 4.13. The van der Waals surface area contributed by atoms with Crippen molar-refractivity contribution in [3.63, 3.8) is 0 Å². The minimum atomic E-state index is -0.319. The molecule has 1 aromatic carbocycles. The van der Waals surface area contributed by atoms with Gasteiger partial charge < -0.3 is 14.7 Å². The number of aryl methyl sites for hydroxylation is 1. The molecular weight excluding hydrogens is 271 g/mol. The number of methoxy groups -OCH3 is 1. The predicted molar refractivity (Wildman–Crippen MR) is 80.1 cm³/mol. The van der Waals surface area contributed by atoms with Gasteiger partial charge in [-0.2, -0.15) is 0 Å². The lowest BCUT2D eigenvalue weighted by Gasteiger charge is -2.26. The molecule has 1 aliphatic heterocycles. The number of halogens is 1. The fourth-order valence-corrected chi connectivity index (χ4v) is 3.07. The summed E-state index contributed by atoms with van der Waals surface area (Å²) in [6.07, 6.45) is 0.852. The molecule has 2 aromatic rings. The summed E-state index contributed by atoms with van der Waals surface area (Å²) in [6.45, 7) is 2.60. The number of anilines is 1. The van der Waals surface area contributed by atoms with E-state index in [0.29, 0.717) is 12.1 Å². The van der Waals surface area contributed by atoms with Gasteiger partial charge in [-0.25, -0.2) is 9.37 Å². The van der Waals surface area contributed by atoms with E-state index in [-0.39, 0.29) is 24.6 Å². The summed E-state index contributed by atoms with van der Waals surface area (Å²) in [5, 5.41) is 10.4. The molecule has 112 valence electrons. The number of rotatable bonds is 3. The molecule has 5 heteroatoms. The molecule has 0 amide bonds. The standard InChI is InChI=1S/C16H19FN2O2/c1-10-6-15(13-4-3-5-14(17)16(13)18-10)19-8-12(21-2)7-11(19)9-20/h3-6,11-12,20H,7-9H2,1-2H3/t11-,12-/m0/s1. The quantitative estimate of drug-likeness (QED) is 0.942. The second-order valence-corrected chi connectivity index (χ2v) is 5.50. The van der Waals surface area contributed by atoms with Gasteiger partial charge in [0.15, 0.2) is 0 Å². The Morgan fingerprint density at radius 3 is 3.00 bits per heavy atom. The van der Waals surface area contributed by atoms with Gasteiger partial charge in [0.25, 0.3) is 0 Å². The molecule has 0 spiro atoms. The van der Waals surface area contributed by atoms with Crippen LogP contribution in [0.25, 0.3) is 10.9 Å². The highest BCUT2D eigenvalue weighted by atomic mass is 19.1. The number of hydrogen-bond acceptors (Lipinski definition) is 4. The normalized spacial score (nSPS) is 22.2. The predicted octanol–water partition coefficient (Wildman–Crippen LogP) is 2.27. The molecule has 21 heavy (non-hydrogen) atoms. The van der Waals surface area contributed by atoms with Crippen LogP contribution in [-0.4, -0.2) is 42.5 Å². The summed E-state index contributed by atoms with van der Waals surface area (Å²) < 4.78 is 19.4. The smallest absolute Gasteiger partial charge is 0.149 e. The SMILES string of the molecule is CO[C@H]1C[C@@H](CO)N(c2cc(C)nc3c(F)cccc23)C1. The molecule has 3 rings (SSSR count). The van der Waals surface area contributed by atoms with Crippen LogP contribution >= 0.6 is 0 Å². The number of para-hydroxylation sites is 1. The first-order chi connectivity index (χ1) is 10.1. The van der Waals surface area contributed by atoms with Gasteiger partial charge in [-0.1, -0.05) is 12.1 Å². The van der Waals surface area contributed by atoms with Crippen LogP contribution in [0.5, 0.6) is 0 Å². The number of fused-ring (bicyclic) bond motifs is 1. The van der Waals surface area contributed by atoms with Crippen LogP contribution in [0.1, 0.15) is 12.1 Å². The van der Waals surface area contributed by atoms with Crippen molar-refractivity contribution < 1.29 is 14.2 Å². The van der Waals surface area contributed by atoms with Crippen LogP contribution < -0.4 is 4.90 Å². The van der Waals surface area contributed by atoms with Crippen molar-refractivity contribution in [3.8, 4) is 0 Å². The molecule has 0 radical (unpaired) electrons. The topological polar surface area (TPSA) is 45.6 Å². The van der Waals surface area contributed by atoms with E-state index in [0.717, 1.165) is 23.2 Å². The van der Waals surface area contributed by atoms with E-state index in [4.69, 9.17) is 4.74 Å². The van der Waals surface area contributed by atoms with E-state index < -0.39 is 0 Å². The van der Waals surface area contributed by atoms with Crippen LogP contribution in [0, 0.1) is 12.7 Å². The Morgan fingerprint density at radius 1 is 1.48 bits per heavy atom. The second kappa shape index (κ2) is 5.58. The summed E-state index contributed by atoms with van der Waals surface area (Å²) in [7, 11) is 1.68. The average Bonchev–Trinajstić information content (AvgIpc) is 2.91. The van der Waals surface area contributed by atoms with Crippen LogP contribution in [-0.2, 0) is 4.74 Å². The summed E-state index contributed by atoms with van der Waals surface area (Å²) in [6, 6.07) is 6.92. The molecule has 1 aliphatic rings. The number of aliphatic hydroxyl groups excluding tert-OH is 1. The van der Waals surface area contributed by atoms with Crippen LogP contribution in [0.15, 0.2) is 24.3 Å². The summed E-state index contributed by atoms with van der Waals surface area (Å²) in [5.41, 5.74) is 2.06. The van der Waals surface area contributed by atoms with Gasteiger partial charge >= 0.3 is 0 Å². The molecule has 1 N–H and O–H groups in total. The second-order valence-electron chi connectivity index (χ2n) is 5.50. The van der Waals surface area contributed by atoms with Gasteiger partial charge in [0.05, 0.1) is 18.8 Å². The van der Waals surface area contributed by atoms with Crippen molar-refractivity contribution >= 4 is 16.6 Å². The lowest BCUT2D eigenvalue weighted by atomic mass is 10.1. The number of hydrogen-bond donors (Lipinski definition) is 1. The van der Waals surface area contributed by atoms with Crippen molar-refractivity contribution in [2.75, 3.05) is 25.2 Å². The first-order valence-corrected chi connectivity index (χ1v) is 7.10. The largest absolute Gasteiger partial charge is 0.394 e. The highest BCUT2D eigenvalue weighted by molar-refractivity contribution is 5.92. The number of nitrogens with zero attached hydrogens (tertiary/aromatic N) is 2. The van der Waals surface area contributed by atoms with E-state index in [1.807, 2.05) is 19.1 Å². The van der Waals surface area contributed by atoms with Gasteiger partial charge in [-0.3, -0.25) is 0 Å². The maximum Gasteiger partial charge on any atom is 0.149 e. The minimum absolute atomic E-state index is 0.0109. The molecule has 1 saturated heterocycles. The lowest BCUT2D eigenvalue weighted by molar-refractivity contribution is 0.115. The Labute approximate surface area is 123 Å². The van der Waals surface area contributed by atoms with E-state index in [2.05, 4.69) is 9.88 Å². The summed E-state index contributed by atoms with van der Waals surface area (Å²) >= 11 is 0. The molecule has 0 saturated carbocycles. The number of aliphatic hydroxyl groups is 1. The number of benzene rings is 1. The van der Waals surface area contributed by atoms with E-state index in [1.165, 1.54) is 6.07 Å². The van der Waals surface area contributed by atoms with Crippen LogP contribution in [0.2, 0.25) is 0 Å². The zero-order valence-electron chi connectivity index (χ0n) is 12.2. The molecule has 4 nitrogen and oxygen atoms in total. The molecule has 2 atom stereocenters. The number of ether oxygens (including phenoxy) is 1. The van der Waals surface area contributed by atoms with Crippen molar-refractivity contribution in [3.05, 3.63) is 35.8 Å². The fraction of sp³-hybridized carbons (Fsp3) is 0.438. The van der Waals surface area contributed by atoms with Gasteiger partial charge in [0, 0.05) is 30.4 Å². The van der Waals surface area contributed by atoms with E-state index >= 15 is 0 Å². The summed E-state index contributed by atoms with van der Waals surface area (Å²) in [5.74, 6) is -0.319. The highest BCUT2D eigenvalue weighted by Crippen LogP contribution is 2.33. The Balaban J connectivity index is 2.13. The first-order valence-electron chi connectivity index (χ1n) is 7.10. The Bertz CT molecular complexity index is 662. The fourth-order valence-electron chi connectivity index (χ4n) is 3.07.